The summed E-state index contributed by atoms with van der Waals surface area (Å²) in [5.74, 6) is 0.324. The Kier molecular flexibility index (Phi) is 1.91. The summed E-state index contributed by atoms with van der Waals surface area (Å²) in [5, 5.41) is 1.54. The van der Waals surface area contributed by atoms with Crippen LogP contribution in [0.5, 0.6) is 0 Å². The van der Waals surface area contributed by atoms with E-state index < -0.39 is 0 Å². The van der Waals surface area contributed by atoms with Gasteiger partial charge in [0.1, 0.15) is 10.8 Å². The zero-order chi connectivity index (χ0) is 11.1. The molecule has 0 saturated carbocycles. The summed E-state index contributed by atoms with van der Waals surface area (Å²) in [6, 6.07) is 7.97. The van der Waals surface area contributed by atoms with Crippen LogP contribution in [0.15, 0.2) is 30.5 Å². The van der Waals surface area contributed by atoms with E-state index >= 15 is 0 Å². The Hall–Kier alpha value is -1.94. The molecule has 4 N–H and O–H groups in total. The molecule has 0 atom stereocenters. The molecule has 2 aromatic heterocycles. The minimum atomic E-state index is 0.324. The van der Waals surface area contributed by atoms with Crippen LogP contribution in [0, 0.1) is 0 Å². The summed E-state index contributed by atoms with van der Waals surface area (Å²) in [7, 11) is 0. The normalized spacial score (nSPS) is 11.1. The Balaban J connectivity index is 2.30. The maximum absolute atomic E-state index is 6.02. The van der Waals surface area contributed by atoms with Crippen molar-refractivity contribution in [1.29, 1.82) is 0 Å². The van der Waals surface area contributed by atoms with E-state index in [1.807, 2.05) is 30.5 Å². The molecule has 0 saturated heterocycles. The van der Waals surface area contributed by atoms with E-state index in [9.17, 15) is 0 Å². The van der Waals surface area contributed by atoms with E-state index in [2.05, 4.69) is 15.0 Å². The van der Waals surface area contributed by atoms with Gasteiger partial charge in [-0.3, -0.25) is 0 Å². The average molecular weight is 233 g/mol. The molecule has 1 aromatic carbocycles. The lowest BCUT2D eigenvalue weighted by Crippen LogP contribution is -1.85. The second kappa shape index (κ2) is 3.28. The third-order valence-electron chi connectivity index (χ3n) is 2.52. The molecular formula is C11H9ClN4. The van der Waals surface area contributed by atoms with Crippen molar-refractivity contribution in [3.8, 4) is 11.3 Å². The van der Waals surface area contributed by atoms with Gasteiger partial charge >= 0.3 is 0 Å². The number of para-hydroxylation sites is 1. The van der Waals surface area contributed by atoms with Gasteiger partial charge in [0, 0.05) is 22.7 Å². The quantitative estimate of drug-likeness (QED) is 0.604. The fourth-order valence-corrected chi connectivity index (χ4v) is 2.06. The first kappa shape index (κ1) is 9.30. The number of nitrogens with one attached hydrogen (secondary N) is 2. The predicted molar refractivity (Wildman–Crippen MR) is 65.3 cm³/mol. The Bertz CT molecular complexity index is 653. The number of benzene rings is 1. The van der Waals surface area contributed by atoms with Gasteiger partial charge in [-0.1, -0.05) is 29.8 Å². The number of anilines is 1. The largest absolute Gasteiger partial charge is 0.369 e. The monoisotopic (exact) mass is 232 g/mol. The third-order valence-corrected chi connectivity index (χ3v) is 2.80. The highest BCUT2D eigenvalue weighted by Gasteiger charge is 2.12. The van der Waals surface area contributed by atoms with Crippen LogP contribution in [0.1, 0.15) is 0 Å². The number of hydrogen-bond donors (Lipinski definition) is 3. The fraction of sp³-hybridized carbons (Fsp3) is 0. The van der Waals surface area contributed by atoms with Crippen LogP contribution in [-0.4, -0.2) is 15.0 Å². The van der Waals surface area contributed by atoms with E-state index in [1.54, 1.807) is 0 Å². The maximum atomic E-state index is 6.02. The van der Waals surface area contributed by atoms with Gasteiger partial charge < -0.3 is 15.7 Å². The van der Waals surface area contributed by atoms with Crippen molar-refractivity contribution in [3.63, 3.8) is 0 Å². The van der Waals surface area contributed by atoms with Crippen LogP contribution < -0.4 is 5.73 Å². The predicted octanol–water partition coefficient (Wildman–Crippen LogP) is 2.79. The van der Waals surface area contributed by atoms with E-state index in [4.69, 9.17) is 17.3 Å². The topological polar surface area (TPSA) is 70.5 Å². The number of rotatable bonds is 1. The van der Waals surface area contributed by atoms with Crippen LogP contribution in [0.4, 0.5) is 5.95 Å². The summed E-state index contributed by atoms with van der Waals surface area (Å²) in [4.78, 5) is 10.1. The highest BCUT2D eigenvalue weighted by atomic mass is 35.5. The van der Waals surface area contributed by atoms with E-state index in [1.165, 1.54) is 0 Å². The van der Waals surface area contributed by atoms with Gasteiger partial charge in [-0.05, 0) is 6.07 Å². The number of aromatic nitrogens is 3. The molecule has 0 unspecified atom stereocenters. The number of nitrogens with zero attached hydrogens (tertiary/aromatic N) is 1. The Labute approximate surface area is 96.5 Å². The molecule has 4 nitrogen and oxygen atoms in total. The molecule has 80 valence electrons. The highest BCUT2D eigenvalue weighted by molar-refractivity contribution is 6.32. The smallest absolute Gasteiger partial charge is 0.199 e. The maximum Gasteiger partial charge on any atom is 0.199 e. The van der Waals surface area contributed by atoms with Crippen LogP contribution in [0.25, 0.3) is 22.2 Å². The number of aromatic amines is 2. The third kappa shape index (κ3) is 1.27. The molecule has 3 aromatic rings. The summed E-state index contributed by atoms with van der Waals surface area (Å²) in [6.07, 6.45) is 1.88. The fourth-order valence-electron chi connectivity index (χ4n) is 1.82. The van der Waals surface area contributed by atoms with E-state index in [-0.39, 0.29) is 0 Å². The highest BCUT2D eigenvalue weighted by Crippen LogP contribution is 2.32. The van der Waals surface area contributed by atoms with Gasteiger partial charge in [0.25, 0.3) is 0 Å². The number of fused-ring (bicyclic) bond motifs is 1. The number of hydrogen-bond acceptors (Lipinski definition) is 2. The van der Waals surface area contributed by atoms with Crippen LogP contribution >= 0.6 is 11.6 Å². The van der Waals surface area contributed by atoms with Crippen molar-refractivity contribution in [2.24, 2.45) is 0 Å². The van der Waals surface area contributed by atoms with Crippen molar-refractivity contribution in [3.05, 3.63) is 35.6 Å². The van der Waals surface area contributed by atoms with Crippen molar-refractivity contribution in [1.82, 2.24) is 15.0 Å². The molecule has 0 spiro atoms. The van der Waals surface area contributed by atoms with Gasteiger partial charge in [-0.15, -0.1) is 0 Å². The van der Waals surface area contributed by atoms with E-state index in [0.29, 0.717) is 16.8 Å². The zero-order valence-corrected chi connectivity index (χ0v) is 9.05. The molecule has 0 fully saturated rings. The molecule has 3 rings (SSSR count). The summed E-state index contributed by atoms with van der Waals surface area (Å²) in [6.45, 7) is 0. The summed E-state index contributed by atoms with van der Waals surface area (Å²) in [5.41, 5.74) is 8.25. The molecule has 0 amide bonds. The summed E-state index contributed by atoms with van der Waals surface area (Å²) >= 11 is 6.02. The number of imidazole rings is 1. The molecule has 0 aliphatic heterocycles. The Morgan fingerprint density at radius 2 is 2.06 bits per heavy atom. The van der Waals surface area contributed by atoms with Crippen molar-refractivity contribution >= 4 is 28.5 Å². The first-order valence-corrected chi connectivity index (χ1v) is 5.21. The van der Waals surface area contributed by atoms with Gasteiger partial charge in [-0.25, -0.2) is 4.98 Å². The van der Waals surface area contributed by atoms with Gasteiger partial charge in [0.15, 0.2) is 5.95 Å². The number of nitrogen functional groups attached to an aromatic ring is 1. The minimum absolute atomic E-state index is 0.324. The van der Waals surface area contributed by atoms with Crippen molar-refractivity contribution < 1.29 is 0 Å². The first-order valence-electron chi connectivity index (χ1n) is 4.83. The lowest BCUT2D eigenvalue weighted by molar-refractivity contribution is 1.33. The molecule has 5 heteroatoms. The zero-order valence-electron chi connectivity index (χ0n) is 8.29. The Morgan fingerprint density at radius 1 is 1.25 bits per heavy atom. The molecule has 0 aliphatic rings. The lowest BCUT2D eigenvalue weighted by Gasteiger charge is -1.94. The molecular weight excluding hydrogens is 224 g/mol. The van der Waals surface area contributed by atoms with Crippen LogP contribution in [0.3, 0.4) is 0 Å². The first-order chi connectivity index (χ1) is 7.75. The molecule has 0 bridgehead atoms. The molecule has 2 heterocycles. The second-order valence-corrected chi connectivity index (χ2v) is 3.91. The summed E-state index contributed by atoms with van der Waals surface area (Å²) < 4.78 is 0. The molecule has 0 aliphatic carbocycles. The van der Waals surface area contributed by atoms with Crippen molar-refractivity contribution in [2.45, 2.75) is 0 Å². The molecule has 0 radical (unpaired) electrons. The Morgan fingerprint density at radius 3 is 2.81 bits per heavy atom. The van der Waals surface area contributed by atoms with E-state index in [0.717, 1.165) is 16.5 Å². The van der Waals surface area contributed by atoms with Crippen LogP contribution in [0.2, 0.25) is 5.15 Å². The van der Waals surface area contributed by atoms with Gasteiger partial charge in [-0.2, -0.15) is 0 Å². The number of nitrogens with two attached hydrogens (primary N) is 1. The molecule has 16 heavy (non-hydrogen) atoms. The van der Waals surface area contributed by atoms with Crippen LogP contribution in [-0.2, 0) is 0 Å². The second-order valence-electron chi connectivity index (χ2n) is 3.53. The average Bonchev–Trinajstić information content (AvgIpc) is 2.81. The van der Waals surface area contributed by atoms with Gasteiger partial charge in [0.2, 0.25) is 0 Å². The van der Waals surface area contributed by atoms with Gasteiger partial charge in [0.05, 0.1) is 0 Å². The number of halogens is 1. The lowest BCUT2D eigenvalue weighted by atomic mass is 10.1. The number of H-pyrrole nitrogens is 2. The SMILES string of the molecule is Nc1nc(-c2c[nH]c3ccccc23)c(Cl)[nH]1. The standard InChI is InChI=1S/C11H9ClN4/c12-10-9(15-11(13)16-10)7-5-14-8-4-2-1-3-6(7)8/h1-5,14H,(H3,13,15,16). The minimum Gasteiger partial charge on any atom is -0.369 e. The van der Waals surface area contributed by atoms with Crippen molar-refractivity contribution in [2.75, 3.05) is 5.73 Å².